The van der Waals surface area contributed by atoms with Crippen LogP contribution in [-0.2, 0) is 0 Å². The number of nitrogens with one attached hydrogen (secondary N) is 1. The van der Waals surface area contributed by atoms with Crippen LogP contribution in [0.3, 0.4) is 0 Å². The van der Waals surface area contributed by atoms with Crippen molar-refractivity contribution in [1.82, 2.24) is 5.32 Å². The minimum Gasteiger partial charge on any atom is -0.396 e. The summed E-state index contributed by atoms with van der Waals surface area (Å²) in [7, 11) is 0. The second kappa shape index (κ2) is 5.72. The van der Waals surface area contributed by atoms with E-state index in [1.807, 2.05) is 0 Å². The Morgan fingerprint density at radius 3 is 2.79 bits per heavy atom. The molecule has 0 radical (unpaired) electrons. The molecular weight excluding hydrogens is 174 g/mol. The molecule has 2 unspecified atom stereocenters. The van der Waals surface area contributed by atoms with Crippen LogP contribution in [0.1, 0.15) is 52.4 Å². The van der Waals surface area contributed by atoms with Gasteiger partial charge in [-0.2, -0.15) is 0 Å². The summed E-state index contributed by atoms with van der Waals surface area (Å²) in [5.41, 5.74) is 0.263. The van der Waals surface area contributed by atoms with Crippen molar-refractivity contribution < 1.29 is 5.11 Å². The Labute approximate surface area is 88.1 Å². The maximum absolute atomic E-state index is 9.16. The summed E-state index contributed by atoms with van der Waals surface area (Å²) in [6, 6.07) is 0. The highest BCUT2D eigenvalue weighted by atomic mass is 16.3. The van der Waals surface area contributed by atoms with Crippen LogP contribution in [0.5, 0.6) is 0 Å². The van der Waals surface area contributed by atoms with E-state index in [4.69, 9.17) is 5.11 Å². The van der Waals surface area contributed by atoms with Crippen LogP contribution in [0, 0.1) is 5.92 Å². The van der Waals surface area contributed by atoms with Gasteiger partial charge in [0.25, 0.3) is 0 Å². The maximum Gasteiger partial charge on any atom is 0.0448 e. The normalized spacial score (nSPS) is 32.4. The van der Waals surface area contributed by atoms with Crippen molar-refractivity contribution in [3.8, 4) is 0 Å². The van der Waals surface area contributed by atoms with Gasteiger partial charge in [0.1, 0.15) is 0 Å². The van der Waals surface area contributed by atoms with Gasteiger partial charge in [-0.3, -0.25) is 0 Å². The Bertz CT molecular complexity index is 160. The second-order valence-corrected chi connectivity index (χ2v) is 4.55. The van der Waals surface area contributed by atoms with Crippen LogP contribution in [0.4, 0.5) is 0 Å². The number of rotatable bonds is 6. The fraction of sp³-hybridized carbons (Fsp3) is 1.00. The number of aliphatic hydroxyl groups is 1. The van der Waals surface area contributed by atoms with E-state index in [1.54, 1.807) is 0 Å². The average Bonchev–Trinajstić information content (AvgIpc) is 2.59. The molecule has 2 heteroatoms. The van der Waals surface area contributed by atoms with Crippen molar-refractivity contribution in [2.45, 2.75) is 57.9 Å². The fourth-order valence-corrected chi connectivity index (χ4v) is 2.96. The zero-order valence-electron chi connectivity index (χ0n) is 9.68. The molecule has 1 rings (SSSR count). The number of aliphatic hydroxyl groups excluding tert-OH is 1. The third-order valence-electron chi connectivity index (χ3n) is 3.73. The smallest absolute Gasteiger partial charge is 0.0448 e. The Kier molecular flexibility index (Phi) is 4.90. The highest BCUT2D eigenvalue weighted by Crippen LogP contribution is 2.39. The monoisotopic (exact) mass is 199 g/mol. The Balaban J connectivity index is 2.58. The molecule has 2 atom stereocenters. The van der Waals surface area contributed by atoms with Crippen LogP contribution in [0.25, 0.3) is 0 Å². The van der Waals surface area contributed by atoms with Crippen molar-refractivity contribution in [1.29, 1.82) is 0 Å². The van der Waals surface area contributed by atoms with Gasteiger partial charge in [-0.25, -0.2) is 0 Å². The van der Waals surface area contributed by atoms with Gasteiger partial charge >= 0.3 is 0 Å². The van der Waals surface area contributed by atoms with Crippen LogP contribution in [-0.4, -0.2) is 23.8 Å². The van der Waals surface area contributed by atoms with Crippen LogP contribution < -0.4 is 5.32 Å². The van der Waals surface area contributed by atoms with Gasteiger partial charge in [-0.1, -0.05) is 26.7 Å². The number of hydrogen-bond acceptors (Lipinski definition) is 2. The number of hydrogen-bond donors (Lipinski definition) is 2. The first kappa shape index (κ1) is 12.0. The van der Waals surface area contributed by atoms with Gasteiger partial charge in [0.15, 0.2) is 0 Å². The SMILES string of the molecule is CCCNC1(CCO)CCCC1CC. The van der Waals surface area contributed by atoms with Crippen LogP contribution in [0.15, 0.2) is 0 Å². The summed E-state index contributed by atoms with van der Waals surface area (Å²) in [5, 5.41) is 12.9. The summed E-state index contributed by atoms with van der Waals surface area (Å²) in [5.74, 6) is 0.779. The molecule has 0 aliphatic heterocycles. The molecular formula is C12H25NO. The van der Waals surface area contributed by atoms with E-state index in [0.29, 0.717) is 6.61 Å². The van der Waals surface area contributed by atoms with Crippen molar-refractivity contribution in [3.05, 3.63) is 0 Å². The second-order valence-electron chi connectivity index (χ2n) is 4.55. The van der Waals surface area contributed by atoms with Crippen molar-refractivity contribution >= 4 is 0 Å². The Morgan fingerprint density at radius 1 is 1.43 bits per heavy atom. The zero-order valence-corrected chi connectivity index (χ0v) is 9.68. The lowest BCUT2D eigenvalue weighted by molar-refractivity contribution is 0.167. The molecule has 1 aliphatic carbocycles. The van der Waals surface area contributed by atoms with E-state index >= 15 is 0 Å². The van der Waals surface area contributed by atoms with Gasteiger partial charge < -0.3 is 10.4 Å². The molecule has 1 fully saturated rings. The largest absolute Gasteiger partial charge is 0.396 e. The Morgan fingerprint density at radius 2 is 2.21 bits per heavy atom. The van der Waals surface area contributed by atoms with Crippen LogP contribution in [0.2, 0.25) is 0 Å². The van der Waals surface area contributed by atoms with Gasteiger partial charge in [0.2, 0.25) is 0 Å². The maximum atomic E-state index is 9.16. The minimum atomic E-state index is 0.263. The molecule has 1 aliphatic rings. The molecule has 2 nitrogen and oxygen atoms in total. The van der Waals surface area contributed by atoms with Crippen molar-refractivity contribution in [3.63, 3.8) is 0 Å². The topological polar surface area (TPSA) is 32.3 Å². The highest BCUT2D eigenvalue weighted by Gasteiger charge is 2.40. The van der Waals surface area contributed by atoms with Gasteiger partial charge in [0.05, 0.1) is 0 Å². The molecule has 0 heterocycles. The van der Waals surface area contributed by atoms with Gasteiger partial charge in [-0.15, -0.1) is 0 Å². The molecule has 1 saturated carbocycles. The van der Waals surface area contributed by atoms with Gasteiger partial charge in [-0.05, 0) is 38.1 Å². The molecule has 0 saturated heterocycles. The third-order valence-corrected chi connectivity index (χ3v) is 3.73. The van der Waals surface area contributed by atoms with Crippen LogP contribution >= 0.6 is 0 Å². The summed E-state index contributed by atoms with van der Waals surface area (Å²) in [6.07, 6.45) is 7.29. The van der Waals surface area contributed by atoms with E-state index in [-0.39, 0.29) is 5.54 Å². The summed E-state index contributed by atoms with van der Waals surface area (Å²) in [6.45, 7) is 5.90. The summed E-state index contributed by atoms with van der Waals surface area (Å²) in [4.78, 5) is 0. The lowest BCUT2D eigenvalue weighted by atomic mass is 9.82. The van der Waals surface area contributed by atoms with E-state index in [9.17, 15) is 0 Å². The molecule has 0 bridgehead atoms. The van der Waals surface area contributed by atoms with Crippen molar-refractivity contribution in [2.24, 2.45) is 5.92 Å². The highest BCUT2D eigenvalue weighted by molar-refractivity contribution is 4.98. The molecule has 0 amide bonds. The molecule has 14 heavy (non-hydrogen) atoms. The summed E-state index contributed by atoms with van der Waals surface area (Å²) < 4.78 is 0. The first-order valence-corrected chi connectivity index (χ1v) is 6.15. The molecule has 0 spiro atoms. The Hall–Kier alpha value is -0.0800. The van der Waals surface area contributed by atoms with Gasteiger partial charge in [0, 0.05) is 12.1 Å². The first-order chi connectivity index (χ1) is 6.79. The van der Waals surface area contributed by atoms with E-state index < -0.39 is 0 Å². The summed E-state index contributed by atoms with van der Waals surface area (Å²) >= 11 is 0. The third kappa shape index (κ3) is 2.48. The van der Waals surface area contributed by atoms with Crippen molar-refractivity contribution in [2.75, 3.05) is 13.2 Å². The lowest BCUT2D eigenvalue weighted by Gasteiger charge is -2.36. The predicted molar refractivity (Wildman–Crippen MR) is 60.4 cm³/mol. The van der Waals surface area contributed by atoms with E-state index in [2.05, 4.69) is 19.2 Å². The van der Waals surface area contributed by atoms with E-state index in [1.165, 1.54) is 32.1 Å². The minimum absolute atomic E-state index is 0.263. The molecule has 84 valence electrons. The quantitative estimate of drug-likeness (QED) is 0.688. The molecule has 2 N–H and O–H groups in total. The lowest BCUT2D eigenvalue weighted by Crippen LogP contribution is -2.49. The first-order valence-electron chi connectivity index (χ1n) is 6.15. The molecule has 0 aromatic carbocycles. The fourth-order valence-electron chi connectivity index (χ4n) is 2.96. The molecule has 0 aromatic heterocycles. The standard InChI is InChI=1S/C12H25NO/c1-3-9-13-12(8-10-14)7-5-6-11(12)4-2/h11,13-14H,3-10H2,1-2H3. The molecule has 0 aromatic rings. The zero-order chi connectivity index (χ0) is 10.4. The van der Waals surface area contributed by atoms with E-state index in [0.717, 1.165) is 18.9 Å². The average molecular weight is 199 g/mol. The predicted octanol–water partition coefficient (Wildman–Crippen LogP) is 2.32.